The van der Waals surface area contributed by atoms with Gasteiger partial charge in [0.25, 0.3) is 0 Å². The molecular formula is C13H10ClIO. The van der Waals surface area contributed by atoms with Gasteiger partial charge in [0.1, 0.15) is 5.75 Å². The first-order valence-corrected chi connectivity index (χ1v) is 6.26. The molecule has 0 atom stereocenters. The molecule has 2 aromatic carbocycles. The highest BCUT2D eigenvalue weighted by atomic mass is 127. The van der Waals surface area contributed by atoms with E-state index in [4.69, 9.17) is 16.3 Å². The summed E-state index contributed by atoms with van der Waals surface area (Å²) in [4.78, 5) is 0. The predicted octanol–water partition coefficient (Wildman–Crippen LogP) is 4.62. The minimum atomic E-state index is 0.647. The third kappa shape index (κ3) is 2.33. The van der Waals surface area contributed by atoms with Crippen molar-refractivity contribution in [2.75, 3.05) is 7.11 Å². The molecule has 0 aliphatic carbocycles. The van der Waals surface area contributed by atoms with Crippen LogP contribution in [0.2, 0.25) is 5.02 Å². The predicted molar refractivity (Wildman–Crippen MR) is 76.2 cm³/mol. The van der Waals surface area contributed by atoms with Crippen LogP contribution in [0.1, 0.15) is 0 Å². The maximum atomic E-state index is 6.15. The zero-order chi connectivity index (χ0) is 11.5. The Bertz CT molecular complexity index is 497. The lowest BCUT2D eigenvalue weighted by Crippen LogP contribution is -1.90. The van der Waals surface area contributed by atoms with Crippen LogP contribution >= 0.6 is 34.2 Å². The van der Waals surface area contributed by atoms with E-state index >= 15 is 0 Å². The first-order chi connectivity index (χ1) is 7.72. The van der Waals surface area contributed by atoms with Crippen molar-refractivity contribution in [2.45, 2.75) is 0 Å². The van der Waals surface area contributed by atoms with Crippen LogP contribution in [0.4, 0.5) is 0 Å². The third-order valence-corrected chi connectivity index (χ3v) is 3.20. The Labute approximate surface area is 114 Å². The van der Waals surface area contributed by atoms with Crippen LogP contribution in [0.5, 0.6) is 5.75 Å². The Morgan fingerprint density at radius 2 is 1.81 bits per heavy atom. The second-order valence-corrected chi connectivity index (χ2v) is 4.99. The second kappa shape index (κ2) is 5.06. The van der Waals surface area contributed by atoms with E-state index in [1.165, 1.54) is 0 Å². The highest BCUT2D eigenvalue weighted by molar-refractivity contribution is 14.1. The summed E-state index contributed by atoms with van der Waals surface area (Å²) in [5, 5.41) is 0.647. The molecule has 82 valence electrons. The average Bonchev–Trinajstić information content (AvgIpc) is 2.29. The summed E-state index contributed by atoms with van der Waals surface area (Å²) in [6.07, 6.45) is 0. The minimum absolute atomic E-state index is 0.647. The van der Waals surface area contributed by atoms with Gasteiger partial charge in [-0.05, 0) is 40.3 Å². The van der Waals surface area contributed by atoms with E-state index in [1.807, 2.05) is 36.4 Å². The van der Waals surface area contributed by atoms with Crippen LogP contribution in [0, 0.1) is 3.57 Å². The van der Waals surface area contributed by atoms with Crippen molar-refractivity contribution in [2.24, 2.45) is 0 Å². The molecule has 0 saturated carbocycles. The van der Waals surface area contributed by atoms with Gasteiger partial charge in [0.05, 0.1) is 12.1 Å². The highest BCUT2D eigenvalue weighted by Crippen LogP contribution is 2.37. The van der Waals surface area contributed by atoms with E-state index in [2.05, 4.69) is 28.7 Å². The molecular weight excluding hydrogens is 334 g/mol. The maximum absolute atomic E-state index is 6.15. The summed E-state index contributed by atoms with van der Waals surface area (Å²) in [6.45, 7) is 0. The second-order valence-electron chi connectivity index (χ2n) is 3.33. The molecule has 0 unspecified atom stereocenters. The van der Waals surface area contributed by atoms with E-state index in [-0.39, 0.29) is 0 Å². The molecule has 0 heterocycles. The summed E-state index contributed by atoms with van der Waals surface area (Å²) < 4.78 is 6.45. The Morgan fingerprint density at radius 1 is 1.12 bits per heavy atom. The lowest BCUT2D eigenvalue weighted by atomic mass is 10.1. The quantitative estimate of drug-likeness (QED) is 0.722. The Hall–Kier alpha value is -0.740. The van der Waals surface area contributed by atoms with Crippen molar-refractivity contribution in [3.8, 4) is 16.9 Å². The molecule has 2 rings (SSSR count). The third-order valence-electron chi connectivity index (χ3n) is 2.30. The van der Waals surface area contributed by atoms with Crippen molar-refractivity contribution in [3.63, 3.8) is 0 Å². The molecule has 0 spiro atoms. The van der Waals surface area contributed by atoms with E-state index in [0.29, 0.717) is 5.02 Å². The fraction of sp³-hybridized carbons (Fsp3) is 0.0769. The van der Waals surface area contributed by atoms with Crippen LogP contribution in [-0.2, 0) is 0 Å². The fourth-order valence-electron chi connectivity index (χ4n) is 1.60. The number of benzene rings is 2. The Balaban J connectivity index is 2.64. The van der Waals surface area contributed by atoms with Gasteiger partial charge < -0.3 is 4.74 Å². The van der Waals surface area contributed by atoms with Gasteiger partial charge in [-0.25, -0.2) is 0 Å². The number of hydrogen-bond donors (Lipinski definition) is 0. The number of hydrogen-bond acceptors (Lipinski definition) is 1. The van der Waals surface area contributed by atoms with Crippen LogP contribution in [0.3, 0.4) is 0 Å². The van der Waals surface area contributed by atoms with E-state index in [0.717, 1.165) is 20.4 Å². The monoisotopic (exact) mass is 344 g/mol. The van der Waals surface area contributed by atoms with Gasteiger partial charge in [-0.15, -0.1) is 0 Å². The average molecular weight is 345 g/mol. The standard InChI is InChI=1S/C13H10ClIO/c1-16-13-11(7-10(15)8-12(13)14)9-5-3-2-4-6-9/h2-8H,1H3. The molecule has 0 aliphatic rings. The summed E-state index contributed by atoms with van der Waals surface area (Å²) >= 11 is 8.41. The zero-order valence-electron chi connectivity index (χ0n) is 8.71. The van der Waals surface area contributed by atoms with E-state index < -0.39 is 0 Å². The van der Waals surface area contributed by atoms with Gasteiger partial charge in [-0.3, -0.25) is 0 Å². The molecule has 2 aromatic rings. The minimum Gasteiger partial charge on any atom is -0.495 e. The van der Waals surface area contributed by atoms with Crippen LogP contribution in [0.15, 0.2) is 42.5 Å². The molecule has 16 heavy (non-hydrogen) atoms. The van der Waals surface area contributed by atoms with Crippen molar-refractivity contribution in [1.29, 1.82) is 0 Å². The van der Waals surface area contributed by atoms with Gasteiger partial charge >= 0.3 is 0 Å². The number of ether oxygens (including phenoxy) is 1. The van der Waals surface area contributed by atoms with Crippen LogP contribution < -0.4 is 4.74 Å². The molecule has 0 aromatic heterocycles. The largest absolute Gasteiger partial charge is 0.495 e. The van der Waals surface area contributed by atoms with E-state index in [9.17, 15) is 0 Å². The topological polar surface area (TPSA) is 9.23 Å². The first-order valence-electron chi connectivity index (χ1n) is 4.81. The number of rotatable bonds is 2. The fourth-order valence-corrected chi connectivity index (χ4v) is 2.70. The summed E-state index contributed by atoms with van der Waals surface area (Å²) in [6, 6.07) is 14.1. The van der Waals surface area contributed by atoms with E-state index in [1.54, 1.807) is 7.11 Å². The van der Waals surface area contributed by atoms with Gasteiger partial charge in [-0.2, -0.15) is 0 Å². The molecule has 0 radical (unpaired) electrons. The van der Waals surface area contributed by atoms with Crippen molar-refractivity contribution in [3.05, 3.63) is 51.1 Å². The van der Waals surface area contributed by atoms with Crippen molar-refractivity contribution >= 4 is 34.2 Å². The first kappa shape index (κ1) is 11.7. The molecule has 0 aliphatic heterocycles. The van der Waals surface area contributed by atoms with Crippen molar-refractivity contribution < 1.29 is 4.74 Å². The molecule has 0 saturated heterocycles. The Kier molecular flexibility index (Phi) is 3.71. The summed E-state index contributed by atoms with van der Waals surface area (Å²) in [5.41, 5.74) is 2.14. The molecule has 0 fully saturated rings. The zero-order valence-corrected chi connectivity index (χ0v) is 11.6. The van der Waals surface area contributed by atoms with Gasteiger partial charge in [0.2, 0.25) is 0 Å². The highest BCUT2D eigenvalue weighted by Gasteiger charge is 2.10. The SMILES string of the molecule is COc1c(Cl)cc(I)cc1-c1ccccc1. The van der Waals surface area contributed by atoms with Crippen LogP contribution in [0.25, 0.3) is 11.1 Å². The van der Waals surface area contributed by atoms with Gasteiger partial charge in [0.15, 0.2) is 0 Å². The van der Waals surface area contributed by atoms with Crippen LogP contribution in [-0.4, -0.2) is 7.11 Å². The number of methoxy groups -OCH3 is 1. The summed E-state index contributed by atoms with van der Waals surface area (Å²) in [5.74, 6) is 0.730. The van der Waals surface area contributed by atoms with Crippen molar-refractivity contribution in [1.82, 2.24) is 0 Å². The van der Waals surface area contributed by atoms with Gasteiger partial charge in [0, 0.05) is 9.13 Å². The Morgan fingerprint density at radius 3 is 2.44 bits per heavy atom. The molecule has 0 N–H and O–H groups in total. The normalized spacial score (nSPS) is 10.2. The molecule has 0 bridgehead atoms. The lowest BCUT2D eigenvalue weighted by Gasteiger charge is -2.11. The lowest BCUT2D eigenvalue weighted by molar-refractivity contribution is 0.416. The maximum Gasteiger partial charge on any atom is 0.145 e. The molecule has 1 nitrogen and oxygen atoms in total. The smallest absolute Gasteiger partial charge is 0.145 e. The van der Waals surface area contributed by atoms with Gasteiger partial charge in [-0.1, -0.05) is 41.9 Å². The summed E-state index contributed by atoms with van der Waals surface area (Å²) in [7, 11) is 1.64. The number of halogens is 2. The molecule has 0 amide bonds. The molecule has 3 heteroatoms.